The van der Waals surface area contributed by atoms with Gasteiger partial charge in [0.2, 0.25) is 0 Å². The number of allylic oxidation sites excluding steroid dienone is 2. The minimum absolute atomic E-state index is 0.0903. The van der Waals surface area contributed by atoms with Gasteiger partial charge >= 0.3 is 0 Å². The first-order valence-corrected chi connectivity index (χ1v) is 30.1. The van der Waals surface area contributed by atoms with Gasteiger partial charge in [-0.25, -0.2) is 0 Å². The van der Waals surface area contributed by atoms with Crippen LogP contribution >= 0.6 is 139 Å². The van der Waals surface area contributed by atoms with Crippen LogP contribution in [0.5, 0.6) is 46.0 Å². The Morgan fingerprint density at radius 1 is 0.326 bits per heavy atom. The molecule has 460 valence electrons. The van der Waals surface area contributed by atoms with Crippen LogP contribution in [0.15, 0.2) is 196 Å². The highest BCUT2D eigenvalue weighted by atomic mass is 35.5. The van der Waals surface area contributed by atoms with Gasteiger partial charge in [-0.05, 0) is 182 Å². The third-order valence-corrected chi connectivity index (χ3v) is 13.1. The molecular formula is C66H64Cl12O8. The number of aromatic hydroxyl groups is 6. The molecule has 0 aliphatic heterocycles. The quantitative estimate of drug-likeness (QED) is 0.0592. The Bertz CT molecular complexity index is 3190. The van der Waals surface area contributed by atoms with E-state index in [1.165, 1.54) is 24.3 Å². The van der Waals surface area contributed by atoms with E-state index in [9.17, 15) is 20.4 Å². The number of halogens is 12. The van der Waals surface area contributed by atoms with Crippen molar-refractivity contribution in [2.75, 3.05) is 13.2 Å². The highest BCUT2D eigenvalue weighted by Gasteiger charge is 2.08. The molecule has 8 aromatic carbocycles. The molecule has 0 heterocycles. The van der Waals surface area contributed by atoms with Crippen LogP contribution in [0.3, 0.4) is 0 Å². The Hall–Kier alpha value is -5.40. The van der Waals surface area contributed by atoms with Crippen LogP contribution in [0, 0.1) is 0 Å². The van der Waals surface area contributed by atoms with Crippen molar-refractivity contribution < 1.29 is 40.1 Å². The molecule has 0 unspecified atom stereocenters. The van der Waals surface area contributed by atoms with Gasteiger partial charge in [0.25, 0.3) is 0 Å². The molecule has 0 amide bonds. The van der Waals surface area contributed by atoms with Crippen LogP contribution in [-0.4, -0.2) is 43.9 Å². The standard InChI is InChI=1S/C9H8Cl2O.C9H10Cl2O.C9H8Cl2O.C9H9ClO.C9H11ClO.C9H9ClO.C6H4Cl2O.C6H5ClO/c1-2-3-12-9-5-7(10)4-8(11)6-9;2*1-2-3-7-8(11)4-6(10)5-9(7)12;1-2-7-11-9-5-3-8(10)4-6-9;2*1-2-3-7-6-8(10)4-5-9(7)11;7-4-1-5(8)3-6(9)2-4;7-5-1-3-6(8)4-2-5/h2,4-6H,1,3H2;4-5,12H,2-3H2,1H3;2,4-5,12H,1,3H2;2-6H,1,7H2;4-6,11H,2-3H2,1H3;2,4-6,11H,1,3H2;1-3,9H;1-4,8H. The van der Waals surface area contributed by atoms with Crippen LogP contribution in [0.25, 0.3) is 0 Å². The fourth-order valence-corrected chi connectivity index (χ4v) is 9.15. The summed E-state index contributed by atoms with van der Waals surface area (Å²) in [7, 11) is 0. The van der Waals surface area contributed by atoms with E-state index in [2.05, 4.69) is 33.2 Å². The van der Waals surface area contributed by atoms with Gasteiger partial charge in [0.05, 0.1) is 0 Å². The van der Waals surface area contributed by atoms with Gasteiger partial charge in [-0.15, -0.1) is 13.2 Å². The van der Waals surface area contributed by atoms with Crippen LogP contribution in [0.4, 0.5) is 0 Å². The van der Waals surface area contributed by atoms with Crippen molar-refractivity contribution in [2.24, 2.45) is 0 Å². The zero-order chi connectivity index (χ0) is 64.7. The molecule has 8 nitrogen and oxygen atoms in total. The fraction of sp³-hybridized carbons (Fsp3) is 0.152. The number of hydrogen-bond acceptors (Lipinski definition) is 8. The Morgan fingerprint density at radius 3 is 1.12 bits per heavy atom. The molecule has 0 saturated heterocycles. The number of ether oxygens (including phenoxy) is 2. The molecular weight excluding hydrogens is 1350 g/mol. The fourth-order valence-electron chi connectivity index (χ4n) is 6.35. The van der Waals surface area contributed by atoms with E-state index in [-0.39, 0.29) is 28.7 Å². The third-order valence-electron chi connectivity index (χ3n) is 10.1. The van der Waals surface area contributed by atoms with Gasteiger partial charge < -0.3 is 40.1 Å². The SMILES string of the molecule is C=CCOc1cc(Cl)cc(Cl)c1.C=CCOc1ccc(Cl)cc1.C=CCc1c(O)cc(Cl)cc1Cl.C=CCc1cc(Cl)ccc1O.CCCc1c(O)cc(Cl)cc1Cl.CCCc1cc(Cl)ccc1O.Oc1cc(Cl)cc(Cl)c1.Oc1ccc(Cl)cc1. The summed E-state index contributed by atoms with van der Waals surface area (Å²) in [6.07, 6.45) is 11.6. The first kappa shape index (κ1) is 78.6. The summed E-state index contributed by atoms with van der Waals surface area (Å²) in [5.74, 6) is 2.73. The molecule has 0 radical (unpaired) electrons. The summed E-state index contributed by atoms with van der Waals surface area (Å²) in [6, 6.07) is 39.4. The second-order valence-corrected chi connectivity index (χ2v) is 22.3. The van der Waals surface area contributed by atoms with Crippen molar-refractivity contribution in [3.05, 3.63) is 279 Å². The topological polar surface area (TPSA) is 140 Å². The Kier molecular flexibility index (Phi) is 41.1. The van der Waals surface area contributed by atoms with E-state index in [0.717, 1.165) is 53.1 Å². The average molecular weight is 1410 g/mol. The van der Waals surface area contributed by atoms with E-state index >= 15 is 0 Å². The summed E-state index contributed by atoms with van der Waals surface area (Å²) >= 11 is 68.1. The van der Waals surface area contributed by atoms with Gasteiger partial charge in [-0.1, -0.05) is 203 Å². The summed E-state index contributed by atoms with van der Waals surface area (Å²) in [5, 5.41) is 61.5. The molecule has 0 aromatic heterocycles. The van der Waals surface area contributed by atoms with Crippen molar-refractivity contribution in [1.82, 2.24) is 0 Å². The number of hydrogen-bond donors (Lipinski definition) is 6. The second kappa shape index (κ2) is 44.9. The van der Waals surface area contributed by atoms with Crippen LogP contribution in [-0.2, 0) is 25.7 Å². The van der Waals surface area contributed by atoms with E-state index in [1.807, 2.05) is 19.1 Å². The van der Waals surface area contributed by atoms with E-state index < -0.39 is 0 Å². The lowest BCUT2D eigenvalue weighted by atomic mass is 10.1. The van der Waals surface area contributed by atoms with E-state index in [4.69, 9.17) is 159 Å². The first-order valence-electron chi connectivity index (χ1n) is 25.6. The molecule has 0 saturated carbocycles. The predicted octanol–water partition coefficient (Wildman–Crippen LogP) is 24.1. The third kappa shape index (κ3) is 34.8. The summed E-state index contributed by atoms with van der Waals surface area (Å²) < 4.78 is 10.5. The van der Waals surface area contributed by atoms with Crippen LogP contribution in [0.1, 0.15) is 48.9 Å². The van der Waals surface area contributed by atoms with Crippen molar-refractivity contribution in [3.8, 4) is 46.0 Å². The number of phenols is 6. The average Bonchev–Trinajstić information content (AvgIpc) is 3.66. The normalized spacial score (nSPS) is 9.65. The summed E-state index contributed by atoms with van der Waals surface area (Å²) in [4.78, 5) is 0. The number of rotatable bonds is 14. The summed E-state index contributed by atoms with van der Waals surface area (Å²) in [6.45, 7) is 19.3. The highest BCUT2D eigenvalue weighted by Crippen LogP contribution is 2.32. The number of phenolic OH excluding ortho intramolecular Hbond substituents is 6. The monoisotopic (exact) mass is 1400 g/mol. The van der Waals surface area contributed by atoms with Crippen molar-refractivity contribution >= 4 is 139 Å². The lowest BCUT2D eigenvalue weighted by Crippen LogP contribution is -1.92. The van der Waals surface area contributed by atoms with E-state index in [0.29, 0.717) is 98.4 Å². The molecule has 86 heavy (non-hydrogen) atoms. The van der Waals surface area contributed by atoms with Gasteiger partial charge in [0.1, 0.15) is 59.2 Å². The lowest BCUT2D eigenvalue weighted by Gasteiger charge is -2.05. The van der Waals surface area contributed by atoms with Gasteiger partial charge in [0.15, 0.2) is 0 Å². The molecule has 0 aliphatic carbocycles. The maximum absolute atomic E-state index is 9.43. The van der Waals surface area contributed by atoms with Crippen molar-refractivity contribution in [2.45, 2.75) is 52.4 Å². The second-order valence-electron chi connectivity index (χ2n) is 17.2. The highest BCUT2D eigenvalue weighted by molar-refractivity contribution is 6.37. The Labute approximate surface area is 564 Å². The summed E-state index contributed by atoms with van der Waals surface area (Å²) in [5.41, 5.74) is 3.19. The zero-order valence-corrected chi connectivity index (χ0v) is 55.8. The molecule has 20 heteroatoms. The number of benzene rings is 8. The van der Waals surface area contributed by atoms with Crippen molar-refractivity contribution in [1.29, 1.82) is 0 Å². The number of aryl methyl sites for hydroxylation is 1. The Balaban J connectivity index is 0.000000493. The van der Waals surface area contributed by atoms with Gasteiger partial charge in [-0.3, -0.25) is 0 Å². The minimum Gasteiger partial charge on any atom is -0.508 e. The molecule has 0 spiro atoms. The minimum atomic E-state index is 0.0903. The molecule has 8 rings (SSSR count). The first-order chi connectivity index (χ1) is 40.8. The van der Waals surface area contributed by atoms with Gasteiger partial charge in [-0.2, -0.15) is 0 Å². The lowest BCUT2D eigenvalue weighted by molar-refractivity contribution is 0.363. The largest absolute Gasteiger partial charge is 0.508 e. The van der Waals surface area contributed by atoms with Crippen LogP contribution in [0.2, 0.25) is 60.3 Å². The molecule has 0 bridgehead atoms. The maximum Gasteiger partial charge on any atom is 0.122 e. The van der Waals surface area contributed by atoms with Gasteiger partial charge in [0, 0.05) is 71.4 Å². The maximum atomic E-state index is 9.43. The zero-order valence-electron chi connectivity index (χ0n) is 46.7. The molecule has 8 aromatic rings. The smallest absolute Gasteiger partial charge is 0.122 e. The molecule has 0 aliphatic rings. The molecule has 0 fully saturated rings. The predicted molar refractivity (Wildman–Crippen MR) is 369 cm³/mol. The van der Waals surface area contributed by atoms with E-state index in [1.54, 1.807) is 133 Å². The molecule has 0 atom stereocenters. The van der Waals surface area contributed by atoms with Crippen molar-refractivity contribution in [3.63, 3.8) is 0 Å². The molecule has 6 N–H and O–H groups in total. The Morgan fingerprint density at radius 2 is 0.709 bits per heavy atom. The van der Waals surface area contributed by atoms with Crippen LogP contribution < -0.4 is 9.47 Å².